The van der Waals surface area contributed by atoms with E-state index in [4.69, 9.17) is 0 Å². The van der Waals surface area contributed by atoms with Gasteiger partial charge in [0.1, 0.15) is 0 Å². The van der Waals surface area contributed by atoms with Gasteiger partial charge in [0.2, 0.25) is 5.91 Å². The van der Waals surface area contributed by atoms with E-state index >= 15 is 0 Å². The second kappa shape index (κ2) is 5.17. The first kappa shape index (κ1) is 13.6. The summed E-state index contributed by atoms with van der Waals surface area (Å²) >= 11 is 0. The van der Waals surface area contributed by atoms with Gasteiger partial charge in [-0.05, 0) is 54.3 Å². The van der Waals surface area contributed by atoms with Crippen molar-refractivity contribution in [1.29, 1.82) is 0 Å². The van der Waals surface area contributed by atoms with Crippen molar-refractivity contribution in [2.24, 2.45) is 0 Å². The molecule has 3 rings (SSSR count). The number of carbonyl (C=O) groups is 2. The highest BCUT2D eigenvalue weighted by Gasteiger charge is 2.19. The van der Waals surface area contributed by atoms with Crippen molar-refractivity contribution < 1.29 is 9.59 Å². The van der Waals surface area contributed by atoms with E-state index in [0.717, 1.165) is 16.8 Å². The maximum absolute atomic E-state index is 12.4. The van der Waals surface area contributed by atoms with Crippen LogP contribution < -0.4 is 5.32 Å². The number of carbonyl (C=O) groups excluding carboxylic acids is 2. The zero-order chi connectivity index (χ0) is 15.0. The summed E-state index contributed by atoms with van der Waals surface area (Å²) in [5, 5.41) is 2.78. The van der Waals surface area contributed by atoms with Crippen LogP contribution >= 0.6 is 0 Å². The fourth-order valence-electron chi connectivity index (χ4n) is 2.60. The summed E-state index contributed by atoms with van der Waals surface area (Å²) in [6.07, 6.45) is 0.751. The molecule has 106 valence electrons. The Balaban J connectivity index is 1.81. The molecule has 2 aromatic rings. The van der Waals surface area contributed by atoms with E-state index in [1.54, 1.807) is 6.07 Å². The first-order valence-electron chi connectivity index (χ1n) is 7.05. The van der Waals surface area contributed by atoms with E-state index in [9.17, 15) is 9.59 Å². The number of hydrogen-bond donors (Lipinski definition) is 1. The lowest BCUT2D eigenvalue weighted by molar-refractivity contribution is -0.115. The van der Waals surface area contributed by atoms with Crippen LogP contribution in [0.5, 0.6) is 0 Å². The molecule has 1 N–H and O–H groups in total. The Morgan fingerprint density at radius 3 is 2.67 bits per heavy atom. The third kappa shape index (κ3) is 2.72. The lowest BCUT2D eigenvalue weighted by Crippen LogP contribution is -2.04. The highest BCUT2D eigenvalue weighted by Crippen LogP contribution is 2.24. The maximum atomic E-state index is 12.4. The van der Waals surface area contributed by atoms with Crippen LogP contribution in [0.25, 0.3) is 0 Å². The van der Waals surface area contributed by atoms with Crippen LogP contribution in [0.15, 0.2) is 36.4 Å². The lowest BCUT2D eigenvalue weighted by atomic mass is 9.98. The van der Waals surface area contributed by atoms with Gasteiger partial charge in [-0.15, -0.1) is 0 Å². The Hall–Kier alpha value is -2.42. The summed E-state index contributed by atoms with van der Waals surface area (Å²) in [6.45, 7) is 4.11. The number of benzene rings is 2. The topological polar surface area (TPSA) is 46.2 Å². The van der Waals surface area contributed by atoms with E-state index in [-0.39, 0.29) is 11.7 Å². The first-order chi connectivity index (χ1) is 10.0. The third-order valence-corrected chi connectivity index (χ3v) is 3.99. The number of rotatable bonds is 3. The Kier molecular flexibility index (Phi) is 3.34. The third-order valence-electron chi connectivity index (χ3n) is 3.99. The molecule has 1 aliphatic rings. The van der Waals surface area contributed by atoms with E-state index < -0.39 is 0 Å². The maximum Gasteiger partial charge on any atom is 0.228 e. The van der Waals surface area contributed by atoms with Crippen molar-refractivity contribution in [2.75, 3.05) is 5.32 Å². The molecule has 0 spiro atoms. The molecule has 0 radical (unpaired) electrons. The molecular weight excluding hydrogens is 262 g/mol. The zero-order valence-corrected chi connectivity index (χ0v) is 12.2. The fourth-order valence-corrected chi connectivity index (χ4v) is 2.60. The van der Waals surface area contributed by atoms with Crippen LogP contribution in [0, 0.1) is 13.8 Å². The molecule has 2 aromatic carbocycles. The van der Waals surface area contributed by atoms with Crippen molar-refractivity contribution in [2.45, 2.75) is 26.7 Å². The number of fused-ring (bicyclic) bond motifs is 1. The Labute approximate surface area is 124 Å². The molecule has 1 heterocycles. The van der Waals surface area contributed by atoms with E-state index in [0.29, 0.717) is 18.4 Å². The molecule has 0 atom stereocenters. The van der Waals surface area contributed by atoms with E-state index in [2.05, 4.69) is 25.2 Å². The largest absolute Gasteiger partial charge is 0.326 e. The van der Waals surface area contributed by atoms with Crippen molar-refractivity contribution >= 4 is 17.4 Å². The van der Waals surface area contributed by atoms with Gasteiger partial charge in [0.05, 0.1) is 6.42 Å². The number of amides is 1. The zero-order valence-electron chi connectivity index (χ0n) is 12.2. The van der Waals surface area contributed by atoms with Gasteiger partial charge >= 0.3 is 0 Å². The molecule has 0 saturated heterocycles. The Morgan fingerprint density at radius 1 is 1.10 bits per heavy atom. The quantitative estimate of drug-likeness (QED) is 0.877. The van der Waals surface area contributed by atoms with Gasteiger partial charge < -0.3 is 5.32 Å². The van der Waals surface area contributed by atoms with Crippen LogP contribution in [-0.4, -0.2) is 11.7 Å². The minimum atomic E-state index is -0.0104. The predicted octanol–water partition coefficient (Wildman–Crippen LogP) is 3.22. The van der Waals surface area contributed by atoms with Crippen LogP contribution in [-0.2, 0) is 17.6 Å². The molecule has 0 fully saturated rings. The average molecular weight is 279 g/mol. The van der Waals surface area contributed by atoms with Crippen molar-refractivity contribution in [3.8, 4) is 0 Å². The van der Waals surface area contributed by atoms with E-state index in [1.807, 2.05) is 24.3 Å². The summed E-state index contributed by atoms with van der Waals surface area (Å²) in [7, 11) is 0. The molecule has 0 bridgehead atoms. The van der Waals surface area contributed by atoms with Gasteiger partial charge in [0, 0.05) is 17.7 Å². The lowest BCUT2D eigenvalue weighted by Gasteiger charge is -2.06. The molecule has 0 unspecified atom stereocenters. The molecule has 0 saturated carbocycles. The number of hydrogen-bond acceptors (Lipinski definition) is 2. The van der Waals surface area contributed by atoms with Gasteiger partial charge in [0.25, 0.3) is 0 Å². The highest BCUT2D eigenvalue weighted by molar-refractivity contribution is 6.02. The number of anilines is 1. The Bertz CT molecular complexity index is 747. The van der Waals surface area contributed by atoms with Gasteiger partial charge in [-0.3, -0.25) is 9.59 Å². The molecule has 0 aliphatic carbocycles. The summed E-state index contributed by atoms with van der Waals surface area (Å²) in [5.74, 6) is 0.0733. The monoisotopic (exact) mass is 279 g/mol. The van der Waals surface area contributed by atoms with Crippen molar-refractivity contribution in [3.05, 3.63) is 64.2 Å². The number of ketones is 1. The van der Waals surface area contributed by atoms with Crippen LogP contribution in [0.2, 0.25) is 0 Å². The Morgan fingerprint density at radius 2 is 1.90 bits per heavy atom. The summed E-state index contributed by atoms with van der Waals surface area (Å²) in [6, 6.07) is 11.5. The number of aryl methyl sites for hydroxylation is 2. The van der Waals surface area contributed by atoms with Crippen LogP contribution in [0.4, 0.5) is 5.69 Å². The number of nitrogens with one attached hydrogen (secondary N) is 1. The second-order valence-electron chi connectivity index (χ2n) is 5.62. The molecule has 3 heteroatoms. The predicted molar refractivity (Wildman–Crippen MR) is 82.7 cm³/mol. The SMILES string of the molecule is Cc1ccc(CC(=O)c2ccc3c(c2)CC(=O)N3)cc1C. The van der Waals surface area contributed by atoms with Gasteiger partial charge in [-0.25, -0.2) is 0 Å². The fraction of sp³-hybridized carbons (Fsp3) is 0.222. The minimum absolute atomic E-state index is 0.0104. The molecule has 3 nitrogen and oxygen atoms in total. The highest BCUT2D eigenvalue weighted by atomic mass is 16.1. The summed E-state index contributed by atoms with van der Waals surface area (Å²) in [4.78, 5) is 23.7. The van der Waals surface area contributed by atoms with Crippen LogP contribution in [0.1, 0.15) is 32.6 Å². The number of Topliss-reactive ketones (excluding diaryl/α,β-unsaturated/α-hetero) is 1. The normalized spacial score (nSPS) is 13.0. The smallest absolute Gasteiger partial charge is 0.228 e. The van der Waals surface area contributed by atoms with Gasteiger partial charge in [-0.2, -0.15) is 0 Å². The van der Waals surface area contributed by atoms with Crippen molar-refractivity contribution in [1.82, 2.24) is 0 Å². The molecule has 21 heavy (non-hydrogen) atoms. The standard InChI is InChI=1S/C18H17NO2/c1-11-3-4-13(7-12(11)2)8-17(20)14-5-6-16-15(9-14)10-18(21)19-16/h3-7,9H,8,10H2,1-2H3,(H,19,21). The van der Waals surface area contributed by atoms with Gasteiger partial charge in [0.15, 0.2) is 5.78 Å². The first-order valence-corrected chi connectivity index (χ1v) is 7.05. The average Bonchev–Trinajstić information content (AvgIpc) is 2.82. The van der Waals surface area contributed by atoms with Crippen LogP contribution in [0.3, 0.4) is 0 Å². The summed E-state index contributed by atoms with van der Waals surface area (Å²) in [5.41, 5.74) is 5.85. The van der Waals surface area contributed by atoms with Crippen molar-refractivity contribution in [3.63, 3.8) is 0 Å². The minimum Gasteiger partial charge on any atom is -0.326 e. The second-order valence-corrected chi connectivity index (χ2v) is 5.62. The molecule has 1 aliphatic heterocycles. The molecule has 1 amide bonds. The molecule has 0 aromatic heterocycles. The molecular formula is C18H17NO2. The van der Waals surface area contributed by atoms with E-state index in [1.165, 1.54) is 11.1 Å². The summed E-state index contributed by atoms with van der Waals surface area (Å²) < 4.78 is 0. The van der Waals surface area contributed by atoms with Gasteiger partial charge in [-0.1, -0.05) is 18.2 Å².